The highest BCUT2D eigenvalue weighted by Crippen LogP contribution is 2.24. The number of nitrogens with one attached hydrogen (secondary N) is 2. The molecule has 0 atom stereocenters. The van der Waals surface area contributed by atoms with E-state index in [0.29, 0.717) is 0 Å². The lowest BCUT2D eigenvalue weighted by atomic mass is 10.2. The molecule has 2 N–H and O–H groups in total. The zero-order chi connectivity index (χ0) is 13.1. The summed E-state index contributed by atoms with van der Waals surface area (Å²) in [5.41, 5.74) is -0.249. The fourth-order valence-electron chi connectivity index (χ4n) is 1.49. The number of nitro groups is 1. The summed E-state index contributed by atoms with van der Waals surface area (Å²) in [6.07, 6.45) is 1.95. The molecule has 0 radical (unpaired) electrons. The van der Waals surface area contributed by atoms with Crippen LogP contribution in [0.25, 0.3) is 0 Å². The Morgan fingerprint density at radius 3 is 2.83 bits per heavy atom. The van der Waals surface area contributed by atoms with Crippen molar-refractivity contribution < 1.29 is 14.1 Å². The van der Waals surface area contributed by atoms with Gasteiger partial charge in [-0.25, -0.2) is 4.39 Å². The van der Waals surface area contributed by atoms with Gasteiger partial charge in [0, 0.05) is 6.04 Å². The van der Waals surface area contributed by atoms with Gasteiger partial charge in [-0.1, -0.05) is 0 Å². The molecule has 0 aliphatic heterocycles. The van der Waals surface area contributed by atoms with Gasteiger partial charge < -0.3 is 10.6 Å². The lowest BCUT2D eigenvalue weighted by molar-refractivity contribution is -0.384. The molecule has 1 fully saturated rings. The minimum atomic E-state index is -0.690. The summed E-state index contributed by atoms with van der Waals surface area (Å²) in [7, 11) is 0. The van der Waals surface area contributed by atoms with E-state index in [2.05, 4.69) is 10.6 Å². The van der Waals surface area contributed by atoms with Crippen molar-refractivity contribution in [2.24, 2.45) is 0 Å². The Kier molecular flexibility index (Phi) is 3.40. The molecule has 96 valence electrons. The normalized spacial score (nSPS) is 14.1. The van der Waals surface area contributed by atoms with Crippen molar-refractivity contribution in [3.8, 4) is 0 Å². The van der Waals surface area contributed by atoms with Crippen LogP contribution in [0, 0.1) is 15.9 Å². The fraction of sp³-hybridized carbons (Fsp3) is 0.364. The van der Waals surface area contributed by atoms with E-state index in [0.717, 1.165) is 25.0 Å². The average Bonchev–Trinajstić information content (AvgIpc) is 3.11. The number of hydrogen-bond acceptors (Lipinski definition) is 4. The first-order chi connectivity index (χ1) is 8.56. The number of benzene rings is 1. The van der Waals surface area contributed by atoms with Crippen LogP contribution >= 0.6 is 0 Å². The molecule has 1 aliphatic carbocycles. The lowest BCUT2D eigenvalue weighted by Gasteiger charge is -2.07. The second-order valence-corrected chi connectivity index (χ2v) is 4.11. The quantitative estimate of drug-likeness (QED) is 0.614. The van der Waals surface area contributed by atoms with Crippen molar-refractivity contribution in [2.45, 2.75) is 18.9 Å². The van der Waals surface area contributed by atoms with Crippen molar-refractivity contribution >= 4 is 17.3 Å². The van der Waals surface area contributed by atoms with E-state index < -0.39 is 10.7 Å². The lowest BCUT2D eigenvalue weighted by Crippen LogP contribution is -2.31. The molecule has 0 aromatic heterocycles. The summed E-state index contributed by atoms with van der Waals surface area (Å²) in [5, 5.41) is 16.1. The van der Waals surface area contributed by atoms with E-state index >= 15 is 0 Å². The van der Waals surface area contributed by atoms with Gasteiger partial charge in [-0.3, -0.25) is 14.9 Å². The number of amides is 1. The largest absolute Gasteiger partial charge is 0.371 e. The zero-order valence-electron chi connectivity index (χ0n) is 9.48. The maximum absolute atomic E-state index is 12.9. The minimum Gasteiger partial charge on any atom is -0.371 e. The van der Waals surface area contributed by atoms with Crippen LogP contribution in [0.4, 0.5) is 15.8 Å². The van der Waals surface area contributed by atoms with Crippen molar-refractivity contribution in [2.75, 3.05) is 11.9 Å². The summed E-state index contributed by atoms with van der Waals surface area (Å²) in [4.78, 5) is 21.4. The molecule has 7 heteroatoms. The number of hydrogen-bond donors (Lipinski definition) is 2. The first kappa shape index (κ1) is 12.3. The Hall–Kier alpha value is -2.18. The van der Waals surface area contributed by atoms with Crippen molar-refractivity contribution in [3.05, 3.63) is 34.1 Å². The Bertz CT molecular complexity index is 488. The highest BCUT2D eigenvalue weighted by molar-refractivity contribution is 5.82. The SMILES string of the molecule is O=C(CNc1ccc(F)cc1[N+](=O)[O-])NC1CC1. The highest BCUT2D eigenvalue weighted by atomic mass is 19.1. The van der Waals surface area contributed by atoms with Gasteiger partial charge in [0.1, 0.15) is 11.5 Å². The van der Waals surface area contributed by atoms with E-state index in [1.807, 2.05) is 0 Å². The summed E-state index contributed by atoms with van der Waals surface area (Å²) in [6, 6.07) is 3.41. The van der Waals surface area contributed by atoms with Crippen LogP contribution in [0.1, 0.15) is 12.8 Å². The molecule has 1 aromatic carbocycles. The second-order valence-electron chi connectivity index (χ2n) is 4.11. The first-order valence-corrected chi connectivity index (χ1v) is 5.53. The number of nitro benzene ring substituents is 1. The molecule has 1 aliphatic rings. The third-order valence-electron chi connectivity index (χ3n) is 2.54. The number of anilines is 1. The zero-order valence-corrected chi connectivity index (χ0v) is 9.48. The molecule has 2 rings (SSSR count). The summed E-state index contributed by atoms with van der Waals surface area (Å²) >= 11 is 0. The van der Waals surface area contributed by atoms with Crippen LogP contribution in [0.5, 0.6) is 0 Å². The van der Waals surface area contributed by atoms with Crippen molar-refractivity contribution in [1.82, 2.24) is 5.32 Å². The van der Waals surface area contributed by atoms with E-state index in [1.165, 1.54) is 6.07 Å². The summed E-state index contributed by atoms with van der Waals surface area (Å²) in [6.45, 7) is -0.0665. The standard InChI is InChI=1S/C11H12FN3O3/c12-7-1-4-9(10(5-7)15(17)18)13-6-11(16)14-8-2-3-8/h1,4-5,8,13H,2-3,6H2,(H,14,16). The maximum atomic E-state index is 12.9. The van der Waals surface area contributed by atoms with E-state index in [1.54, 1.807) is 0 Å². The van der Waals surface area contributed by atoms with Crippen molar-refractivity contribution in [3.63, 3.8) is 0 Å². The maximum Gasteiger partial charge on any atom is 0.295 e. The number of rotatable bonds is 5. The van der Waals surface area contributed by atoms with Crippen LogP contribution in [-0.2, 0) is 4.79 Å². The third-order valence-corrected chi connectivity index (χ3v) is 2.54. The van der Waals surface area contributed by atoms with Crippen molar-refractivity contribution in [1.29, 1.82) is 0 Å². The molecule has 0 heterocycles. The van der Waals surface area contributed by atoms with Crippen LogP contribution < -0.4 is 10.6 Å². The number of carbonyl (C=O) groups is 1. The topological polar surface area (TPSA) is 84.3 Å². The van der Waals surface area contributed by atoms with Gasteiger partial charge in [-0.15, -0.1) is 0 Å². The summed E-state index contributed by atoms with van der Waals surface area (Å²) < 4.78 is 12.9. The van der Waals surface area contributed by atoms with Crippen LogP contribution in [0.3, 0.4) is 0 Å². The third kappa shape index (κ3) is 3.16. The molecule has 18 heavy (non-hydrogen) atoms. The molecule has 0 bridgehead atoms. The monoisotopic (exact) mass is 253 g/mol. The Labute approximate surface area is 102 Å². The molecule has 0 saturated heterocycles. The Morgan fingerprint density at radius 2 is 2.22 bits per heavy atom. The van der Waals surface area contributed by atoms with Gasteiger partial charge >= 0.3 is 0 Å². The van der Waals surface area contributed by atoms with Crippen LogP contribution in [-0.4, -0.2) is 23.4 Å². The predicted octanol–water partition coefficient (Wildman–Crippen LogP) is 1.42. The highest BCUT2D eigenvalue weighted by Gasteiger charge is 2.23. The molecule has 0 spiro atoms. The molecular weight excluding hydrogens is 241 g/mol. The van der Waals surface area contributed by atoms with Gasteiger partial charge in [-0.2, -0.15) is 0 Å². The van der Waals surface area contributed by atoms with E-state index in [4.69, 9.17) is 0 Å². The van der Waals surface area contributed by atoms with Gasteiger partial charge in [0.2, 0.25) is 5.91 Å². The Balaban J connectivity index is 1.99. The molecule has 1 aromatic rings. The molecular formula is C11H12FN3O3. The van der Waals surface area contributed by atoms with Crippen LogP contribution in [0.2, 0.25) is 0 Å². The minimum absolute atomic E-state index is 0.0665. The second kappa shape index (κ2) is 4.99. The molecule has 6 nitrogen and oxygen atoms in total. The fourth-order valence-corrected chi connectivity index (χ4v) is 1.49. The van der Waals surface area contributed by atoms with Gasteiger partial charge in [0.15, 0.2) is 0 Å². The molecule has 1 saturated carbocycles. The molecule has 1 amide bonds. The van der Waals surface area contributed by atoms with Gasteiger partial charge in [-0.05, 0) is 25.0 Å². The van der Waals surface area contributed by atoms with Gasteiger partial charge in [0.25, 0.3) is 5.69 Å². The first-order valence-electron chi connectivity index (χ1n) is 5.53. The van der Waals surface area contributed by atoms with E-state index in [-0.39, 0.29) is 29.9 Å². The Morgan fingerprint density at radius 1 is 1.50 bits per heavy atom. The molecule has 0 unspecified atom stereocenters. The smallest absolute Gasteiger partial charge is 0.295 e. The number of carbonyl (C=O) groups excluding carboxylic acids is 1. The number of nitrogens with zero attached hydrogens (tertiary/aromatic N) is 1. The average molecular weight is 253 g/mol. The predicted molar refractivity (Wildman–Crippen MR) is 62.7 cm³/mol. The van der Waals surface area contributed by atoms with Gasteiger partial charge in [0.05, 0.1) is 17.5 Å². The van der Waals surface area contributed by atoms with E-state index in [9.17, 15) is 19.3 Å². The summed E-state index contributed by atoms with van der Waals surface area (Å²) in [5.74, 6) is -0.911. The van der Waals surface area contributed by atoms with Crippen LogP contribution in [0.15, 0.2) is 18.2 Å². The number of halogens is 1.